The van der Waals surface area contributed by atoms with Crippen LogP contribution in [-0.2, 0) is 0 Å². The highest BCUT2D eigenvalue weighted by atomic mass is 32.2. The molecule has 0 fully saturated rings. The predicted molar refractivity (Wildman–Crippen MR) is 79.6 cm³/mol. The second kappa shape index (κ2) is 7.85. The van der Waals surface area contributed by atoms with Crippen molar-refractivity contribution in [2.75, 3.05) is 18.6 Å². The molecular weight excluding hydrogens is 304 g/mol. The summed E-state index contributed by atoms with van der Waals surface area (Å²) in [5, 5.41) is 12.5. The molecule has 0 spiro atoms. The van der Waals surface area contributed by atoms with E-state index in [4.69, 9.17) is 0 Å². The smallest absolute Gasteiger partial charge is 0.288 e. The Morgan fingerprint density at radius 3 is 2.70 bits per heavy atom. The number of carbonyl (C=O) groups excluding carboxylic acids is 1. The minimum Gasteiger partial charge on any atom is -0.387 e. The third-order valence-electron chi connectivity index (χ3n) is 2.43. The number of carbonyl (C=O) groups is 1. The summed E-state index contributed by atoms with van der Waals surface area (Å²) in [6, 6.07) is 6.19. The van der Waals surface area contributed by atoms with Gasteiger partial charge in [0.2, 0.25) is 0 Å². The van der Waals surface area contributed by atoms with Crippen LogP contribution >= 0.6 is 23.5 Å². The van der Waals surface area contributed by atoms with Crippen LogP contribution in [0, 0.1) is 0 Å². The number of alkyl halides is 2. The number of hydrogen-bond donors (Lipinski definition) is 2. The first-order valence-electron chi connectivity index (χ1n) is 5.89. The molecule has 0 aliphatic rings. The zero-order chi connectivity index (χ0) is 15.2. The summed E-state index contributed by atoms with van der Waals surface area (Å²) >= 11 is 1.80. The number of aliphatic hydroxyl groups is 1. The van der Waals surface area contributed by atoms with Gasteiger partial charge in [0.25, 0.3) is 11.7 Å². The minimum absolute atomic E-state index is 0.0698. The van der Waals surface area contributed by atoms with E-state index in [1.54, 1.807) is 19.1 Å². The zero-order valence-electron chi connectivity index (χ0n) is 11.2. The Balaban J connectivity index is 2.73. The Morgan fingerprint density at radius 1 is 1.45 bits per heavy atom. The molecule has 1 aromatic rings. The van der Waals surface area contributed by atoms with Crippen molar-refractivity contribution in [2.24, 2.45) is 0 Å². The molecule has 0 radical (unpaired) electrons. The third kappa shape index (κ3) is 5.68. The summed E-state index contributed by atoms with van der Waals surface area (Å²) < 4.78 is 24.9. The Morgan fingerprint density at radius 2 is 2.10 bits per heavy atom. The minimum atomic E-state index is -2.58. The van der Waals surface area contributed by atoms with Gasteiger partial charge in [0.1, 0.15) is 0 Å². The highest BCUT2D eigenvalue weighted by Gasteiger charge is 2.22. The number of benzene rings is 1. The van der Waals surface area contributed by atoms with Gasteiger partial charge in [-0.3, -0.25) is 4.79 Å². The fourth-order valence-corrected chi connectivity index (χ4v) is 2.94. The largest absolute Gasteiger partial charge is 0.387 e. The lowest BCUT2D eigenvalue weighted by Crippen LogP contribution is -2.42. The standard InChI is InChI=1S/C13H17F2NO2S2/c1-13(18,8-19-2)7-16-11(17)9-5-3-4-6-10(9)20-12(14)15/h3-6,12,18H,7-8H2,1-2H3,(H,16,17). The van der Waals surface area contributed by atoms with E-state index in [2.05, 4.69) is 5.32 Å². The Hall–Kier alpha value is -0.790. The van der Waals surface area contributed by atoms with Crippen molar-refractivity contribution < 1.29 is 18.7 Å². The van der Waals surface area contributed by atoms with Crippen LogP contribution in [0.2, 0.25) is 0 Å². The van der Waals surface area contributed by atoms with E-state index in [0.29, 0.717) is 17.5 Å². The first-order valence-corrected chi connectivity index (χ1v) is 8.16. The van der Waals surface area contributed by atoms with E-state index in [9.17, 15) is 18.7 Å². The molecule has 1 rings (SSSR count). The van der Waals surface area contributed by atoms with Gasteiger partial charge >= 0.3 is 0 Å². The van der Waals surface area contributed by atoms with Gasteiger partial charge in [0.15, 0.2) is 0 Å². The second-order valence-corrected chi connectivity index (χ2v) is 6.39. The van der Waals surface area contributed by atoms with Gasteiger partial charge in [-0.2, -0.15) is 20.5 Å². The number of thioether (sulfide) groups is 2. The molecule has 1 aromatic carbocycles. The molecule has 0 aliphatic carbocycles. The highest BCUT2D eigenvalue weighted by Crippen LogP contribution is 2.28. The lowest BCUT2D eigenvalue weighted by Gasteiger charge is -2.22. The van der Waals surface area contributed by atoms with Crippen molar-refractivity contribution in [3.05, 3.63) is 29.8 Å². The normalized spacial score (nSPS) is 14.1. The fourth-order valence-electron chi connectivity index (χ4n) is 1.58. The molecule has 1 atom stereocenters. The van der Waals surface area contributed by atoms with Gasteiger partial charge in [-0.05, 0) is 25.3 Å². The maximum absolute atomic E-state index is 12.4. The molecule has 0 saturated carbocycles. The maximum Gasteiger partial charge on any atom is 0.288 e. The monoisotopic (exact) mass is 321 g/mol. The number of hydrogen-bond acceptors (Lipinski definition) is 4. The molecule has 112 valence electrons. The number of nitrogens with one attached hydrogen (secondary N) is 1. The average Bonchev–Trinajstić information content (AvgIpc) is 2.36. The van der Waals surface area contributed by atoms with E-state index in [0.717, 1.165) is 0 Å². The molecule has 0 bridgehead atoms. The summed E-state index contributed by atoms with van der Waals surface area (Å²) in [5.41, 5.74) is -0.836. The van der Waals surface area contributed by atoms with Gasteiger partial charge < -0.3 is 10.4 Å². The van der Waals surface area contributed by atoms with E-state index in [1.165, 1.54) is 23.9 Å². The van der Waals surface area contributed by atoms with E-state index >= 15 is 0 Å². The van der Waals surface area contributed by atoms with E-state index in [-0.39, 0.29) is 17.0 Å². The topological polar surface area (TPSA) is 49.3 Å². The molecule has 0 aromatic heterocycles. The van der Waals surface area contributed by atoms with Crippen LogP contribution < -0.4 is 5.32 Å². The van der Waals surface area contributed by atoms with Crippen LogP contribution in [0.1, 0.15) is 17.3 Å². The number of rotatable bonds is 7. The molecule has 1 unspecified atom stereocenters. The maximum atomic E-state index is 12.4. The molecule has 1 amide bonds. The molecule has 0 heterocycles. The van der Waals surface area contributed by atoms with Gasteiger partial charge in [-0.1, -0.05) is 23.9 Å². The molecule has 0 saturated heterocycles. The van der Waals surface area contributed by atoms with Gasteiger partial charge in [0.05, 0.1) is 11.2 Å². The van der Waals surface area contributed by atoms with Gasteiger partial charge in [-0.15, -0.1) is 0 Å². The summed E-state index contributed by atoms with van der Waals surface area (Å²) in [5.74, 6) is -2.57. The molecule has 3 nitrogen and oxygen atoms in total. The molecule has 2 N–H and O–H groups in total. The summed E-state index contributed by atoms with van der Waals surface area (Å²) in [7, 11) is 0. The Labute approximate surface area is 125 Å². The van der Waals surface area contributed by atoms with Crippen LogP contribution in [-0.4, -0.2) is 40.9 Å². The summed E-state index contributed by atoms with van der Waals surface area (Å²) in [6.45, 7) is 1.68. The third-order valence-corrected chi connectivity index (χ3v) is 4.13. The molecule has 0 aliphatic heterocycles. The van der Waals surface area contributed by atoms with Crippen molar-refractivity contribution >= 4 is 29.4 Å². The summed E-state index contributed by atoms with van der Waals surface area (Å²) in [6.07, 6.45) is 1.85. The van der Waals surface area contributed by atoms with Crippen molar-refractivity contribution in [3.63, 3.8) is 0 Å². The van der Waals surface area contributed by atoms with Crippen LogP contribution in [0.25, 0.3) is 0 Å². The molecule has 7 heteroatoms. The predicted octanol–water partition coefficient (Wildman–Crippen LogP) is 2.85. The fraction of sp³-hybridized carbons (Fsp3) is 0.462. The van der Waals surface area contributed by atoms with Gasteiger partial charge in [0, 0.05) is 17.2 Å². The Bertz CT molecular complexity index is 456. The first kappa shape index (κ1) is 17.3. The van der Waals surface area contributed by atoms with Crippen LogP contribution in [0.15, 0.2) is 29.2 Å². The number of halogens is 2. The van der Waals surface area contributed by atoms with E-state index < -0.39 is 17.3 Å². The first-order chi connectivity index (χ1) is 9.35. The zero-order valence-corrected chi connectivity index (χ0v) is 12.9. The van der Waals surface area contributed by atoms with Gasteiger partial charge in [-0.25, -0.2) is 0 Å². The van der Waals surface area contributed by atoms with E-state index in [1.807, 2.05) is 6.26 Å². The van der Waals surface area contributed by atoms with Crippen molar-refractivity contribution in [3.8, 4) is 0 Å². The van der Waals surface area contributed by atoms with Crippen molar-refractivity contribution in [2.45, 2.75) is 23.2 Å². The molecule has 20 heavy (non-hydrogen) atoms. The second-order valence-electron chi connectivity index (χ2n) is 4.49. The lowest BCUT2D eigenvalue weighted by molar-refractivity contribution is 0.0723. The average molecular weight is 321 g/mol. The van der Waals surface area contributed by atoms with Crippen molar-refractivity contribution in [1.29, 1.82) is 0 Å². The van der Waals surface area contributed by atoms with Crippen molar-refractivity contribution in [1.82, 2.24) is 5.32 Å². The summed E-state index contributed by atoms with van der Waals surface area (Å²) in [4.78, 5) is 12.2. The molecular formula is C13H17F2NO2S2. The van der Waals surface area contributed by atoms with Crippen LogP contribution in [0.4, 0.5) is 8.78 Å². The van der Waals surface area contributed by atoms with Crippen LogP contribution in [0.5, 0.6) is 0 Å². The van der Waals surface area contributed by atoms with Crippen LogP contribution in [0.3, 0.4) is 0 Å². The SMILES string of the molecule is CSCC(C)(O)CNC(=O)c1ccccc1SC(F)F. The highest BCUT2D eigenvalue weighted by molar-refractivity contribution is 7.99. The quantitative estimate of drug-likeness (QED) is 0.758. The number of amides is 1. The lowest BCUT2D eigenvalue weighted by atomic mass is 10.1. The Kier molecular flexibility index (Phi) is 6.78.